The number of fused-ring (bicyclic) bond motifs is 1. The lowest BCUT2D eigenvalue weighted by molar-refractivity contribution is 0.131. The molecule has 0 radical (unpaired) electrons. The average molecular weight is 393 g/mol. The summed E-state index contributed by atoms with van der Waals surface area (Å²) in [6.45, 7) is 15.7. The summed E-state index contributed by atoms with van der Waals surface area (Å²) in [7, 11) is -1.98. The van der Waals surface area contributed by atoms with Crippen LogP contribution in [0.5, 0.6) is 11.5 Å². The van der Waals surface area contributed by atoms with Gasteiger partial charge in [-0.15, -0.1) is 0 Å². The second-order valence-electron chi connectivity index (χ2n) is 9.37. The molecule has 0 spiro atoms. The van der Waals surface area contributed by atoms with Crippen molar-refractivity contribution in [3.05, 3.63) is 23.8 Å². The second-order valence-corrected chi connectivity index (χ2v) is 14.1. The molecule has 152 valence electrons. The Morgan fingerprint density at radius 3 is 2.37 bits per heavy atom. The molecular formula is C21H36N2O3Si. The van der Waals surface area contributed by atoms with Crippen LogP contribution in [0, 0.1) is 0 Å². The first kappa shape index (κ1) is 20.6. The van der Waals surface area contributed by atoms with Gasteiger partial charge >= 0.3 is 0 Å². The third-order valence-electron chi connectivity index (χ3n) is 6.18. The molecule has 0 aromatic heterocycles. The van der Waals surface area contributed by atoms with Crippen LogP contribution >= 0.6 is 0 Å². The lowest BCUT2D eigenvalue weighted by atomic mass is 10.0. The normalized spacial score (nSPS) is 20.5. The molecule has 27 heavy (non-hydrogen) atoms. The Bertz CT molecular complexity index is 639. The standard InChI is InChI=1S/C21H36N2O3Si/c1-21(2,3)27(4,5)26-20(17(22)15-23-10-6-7-11-23)16-8-9-18-19(14-16)25-13-12-24-18/h8-9,14,17,20H,6-7,10-13,15,22H2,1-5H3. The van der Waals surface area contributed by atoms with Crippen molar-refractivity contribution in [1.29, 1.82) is 0 Å². The summed E-state index contributed by atoms with van der Waals surface area (Å²) in [6.07, 6.45) is 2.40. The molecule has 2 heterocycles. The van der Waals surface area contributed by atoms with Crippen molar-refractivity contribution in [2.24, 2.45) is 5.73 Å². The first-order valence-electron chi connectivity index (χ1n) is 10.2. The number of likely N-dealkylation sites (tertiary alicyclic amines) is 1. The Labute approximate surface area is 165 Å². The van der Waals surface area contributed by atoms with E-state index in [4.69, 9.17) is 19.6 Å². The highest BCUT2D eigenvalue weighted by Crippen LogP contribution is 2.42. The zero-order chi connectivity index (χ0) is 19.7. The van der Waals surface area contributed by atoms with Gasteiger partial charge < -0.3 is 24.5 Å². The predicted molar refractivity (Wildman–Crippen MR) is 112 cm³/mol. The lowest BCUT2D eigenvalue weighted by Gasteiger charge is -2.41. The van der Waals surface area contributed by atoms with E-state index >= 15 is 0 Å². The van der Waals surface area contributed by atoms with Crippen molar-refractivity contribution in [1.82, 2.24) is 4.90 Å². The van der Waals surface area contributed by atoms with Crippen molar-refractivity contribution in [2.45, 2.75) is 63.9 Å². The van der Waals surface area contributed by atoms with Gasteiger partial charge in [0.05, 0.1) is 6.10 Å². The quantitative estimate of drug-likeness (QED) is 0.743. The van der Waals surface area contributed by atoms with Crippen LogP contribution in [-0.2, 0) is 4.43 Å². The van der Waals surface area contributed by atoms with Gasteiger partial charge in [0.2, 0.25) is 0 Å². The van der Waals surface area contributed by atoms with Crippen molar-refractivity contribution in [3.63, 3.8) is 0 Å². The molecule has 3 rings (SSSR count). The highest BCUT2D eigenvalue weighted by atomic mass is 28.4. The van der Waals surface area contributed by atoms with Crippen LogP contribution in [0.25, 0.3) is 0 Å². The highest BCUT2D eigenvalue weighted by Gasteiger charge is 2.41. The molecule has 0 amide bonds. The molecule has 2 aliphatic heterocycles. The van der Waals surface area contributed by atoms with Crippen LogP contribution in [-0.4, -0.2) is 52.1 Å². The van der Waals surface area contributed by atoms with E-state index in [9.17, 15) is 0 Å². The maximum Gasteiger partial charge on any atom is 0.192 e. The highest BCUT2D eigenvalue weighted by molar-refractivity contribution is 6.74. The summed E-state index contributed by atoms with van der Waals surface area (Å²) in [5.74, 6) is 1.61. The maximum absolute atomic E-state index is 6.84. The van der Waals surface area contributed by atoms with Crippen LogP contribution in [0.4, 0.5) is 0 Å². The SMILES string of the molecule is CC(C)(C)[Si](C)(C)OC(c1ccc2c(c1)OCCO2)C(N)CN1CCCC1. The number of hydrogen-bond donors (Lipinski definition) is 1. The van der Waals surface area contributed by atoms with Gasteiger partial charge in [0.1, 0.15) is 13.2 Å². The molecule has 1 fully saturated rings. The average Bonchev–Trinajstić information content (AvgIpc) is 3.11. The number of ether oxygens (including phenoxy) is 2. The van der Waals surface area contributed by atoms with Crippen molar-refractivity contribution in [2.75, 3.05) is 32.8 Å². The molecule has 5 nitrogen and oxygen atoms in total. The van der Waals surface area contributed by atoms with Crippen LogP contribution < -0.4 is 15.2 Å². The van der Waals surface area contributed by atoms with Gasteiger partial charge in [-0.05, 0) is 61.8 Å². The van der Waals surface area contributed by atoms with Crippen molar-refractivity contribution < 1.29 is 13.9 Å². The fourth-order valence-corrected chi connectivity index (χ4v) is 4.79. The molecule has 6 heteroatoms. The summed E-state index contributed by atoms with van der Waals surface area (Å²) in [5, 5.41) is 0.131. The molecule has 1 saturated heterocycles. The predicted octanol–water partition coefficient (Wildman–Crippen LogP) is 3.94. The monoisotopic (exact) mass is 392 g/mol. The van der Waals surface area contributed by atoms with Gasteiger partial charge in [-0.2, -0.15) is 0 Å². The Morgan fingerprint density at radius 1 is 1.11 bits per heavy atom. The zero-order valence-electron chi connectivity index (χ0n) is 17.6. The van der Waals surface area contributed by atoms with Crippen LogP contribution in [0.15, 0.2) is 18.2 Å². The van der Waals surface area contributed by atoms with Gasteiger partial charge in [-0.25, -0.2) is 0 Å². The molecular weight excluding hydrogens is 356 g/mol. The number of hydrogen-bond acceptors (Lipinski definition) is 5. The summed E-state index contributed by atoms with van der Waals surface area (Å²) in [4.78, 5) is 2.46. The summed E-state index contributed by atoms with van der Waals surface area (Å²) in [5.41, 5.74) is 7.83. The smallest absolute Gasteiger partial charge is 0.192 e. The number of nitrogens with zero attached hydrogens (tertiary/aromatic N) is 1. The Hall–Kier alpha value is -1.08. The lowest BCUT2D eigenvalue weighted by Crippen LogP contribution is -2.48. The first-order chi connectivity index (χ1) is 12.7. The van der Waals surface area contributed by atoms with E-state index in [1.54, 1.807) is 0 Å². The Balaban J connectivity index is 1.86. The maximum atomic E-state index is 6.84. The fourth-order valence-electron chi connectivity index (χ4n) is 3.49. The Kier molecular flexibility index (Phi) is 6.20. The summed E-state index contributed by atoms with van der Waals surface area (Å²) < 4.78 is 18.3. The Morgan fingerprint density at radius 2 is 1.74 bits per heavy atom. The molecule has 2 unspecified atom stereocenters. The minimum Gasteiger partial charge on any atom is -0.486 e. The molecule has 0 saturated carbocycles. The van der Waals surface area contributed by atoms with E-state index in [-0.39, 0.29) is 17.2 Å². The van der Waals surface area contributed by atoms with E-state index in [1.807, 2.05) is 6.07 Å². The van der Waals surface area contributed by atoms with Crippen LogP contribution in [0.2, 0.25) is 18.1 Å². The molecule has 2 N–H and O–H groups in total. The largest absolute Gasteiger partial charge is 0.486 e. The molecule has 0 aliphatic carbocycles. The van der Waals surface area contributed by atoms with E-state index in [0.717, 1.165) is 36.7 Å². The summed E-state index contributed by atoms with van der Waals surface area (Å²) >= 11 is 0. The van der Waals surface area contributed by atoms with E-state index in [0.29, 0.717) is 13.2 Å². The molecule has 2 atom stereocenters. The van der Waals surface area contributed by atoms with Gasteiger partial charge in [0.25, 0.3) is 0 Å². The van der Waals surface area contributed by atoms with E-state index in [2.05, 4.69) is 50.9 Å². The van der Waals surface area contributed by atoms with Crippen LogP contribution in [0.1, 0.15) is 45.3 Å². The number of benzene rings is 1. The topological polar surface area (TPSA) is 57.0 Å². The zero-order valence-corrected chi connectivity index (χ0v) is 18.6. The van der Waals surface area contributed by atoms with E-state index in [1.165, 1.54) is 12.8 Å². The second kappa shape index (κ2) is 8.11. The minimum atomic E-state index is -1.98. The molecule has 1 aromatic rings. The third kappa shape index (κ3) is 4.85. The minimum absolute atomic E-state index is 0.0696. The third-order valence-corrected chi connectivity index (χ3v) is 10.6. The number of rotatable bonds is 6. The fraction of sp³-hybridized carbons (Fsp3) is 0.714. The molecule has 0 bridgehead atoms. The summed E-state index contributed by atoms with van der Waals surface area (Å²) in [6, 6.07) is 6.08. The van der Waals surface area contributed by atoms with Crippen LogP contribution in [0.3, 0.4) is 0 Å². The van der Waals surface area contributed by atoms with Gasteiger partial charge in [0.15, 0.2) is 19.8 Å². The number of nitrogens with two attached hydrogens (primary N) is 1. The van der Waals surface area contributed by atoms with Gasteiger partial charge in [-0.1, -0.05) is 26.8 Å². The van der Waals surface area contributed by atoms with Crippen molar-refractivity contribution in [3.8, 4) is 11.5 Å². The molecule has 2 aliphatic rings. The first-order valence-corrected chi connectivity index (χ1v) is 13.1. The molecule has 1 aromatic carbocycles. The van der Waals surface area contributed by atoms with E-state index < -0.39 is 8.32 Å². The van der Waals surface area contributed by atoms with Gasteiger partial charge in [-0.3, -0.25) is 0 Å². The van der Waals surface area contributed by atoms with Crippen molar-refractivity contribution >= 4 is 8.32 Å². The van der Waals surface area contributed by atoms with Gasteiger partial charge in [0, 0.05) is 12.6 Å².